The highest BCUT2D eigenvalue weighted by molar-refractivity contribution is 14.1. The van der Waals surface area contributed by atoms with Crippen LogP contribution in [-0.4, -0.2) is 12.9 Å². The highest BCUT2D eigenvalue weighted by atomic mass is 127. The molecule has 0 fully saturated rings. The molecule has 2 aromatic rings. The van der Waals surface area contributed by atoms with Gasteiger partial charge in [-0.15, -0.1) is 0 Å². The summed E-state index contributed by atoms with van der Waals surface area (Å²) < 4.78 is 5.85. The number of hydrogen-bond acceptors (Lipinski definition) is 2. The van der Waals surface area contributed by atoms with Gasteiger partial charge in [-0.25, -0.2) is 0 Å². The molecule has 0 bridgehead atoms. The van der Waals surface area contributed by atoms with E-state index in [1.807, 2.05) is 0 Å². The lowest BCUT2D eigenvalue weighted by Gasteiger charge is -2.09. The first kappa shape index (κ1) is 15.9. The fourth-order valence-corrected chi connectivity index (χ4v) is 2.91. The molecule has 0 unspecified atom stereocenters. The number of ether oxygens (including phenoxy) is 1. The molecule has 0 heterocycles. The SMILES string of the molecule is COc1cc(Cl)c(C(=O)c2cc(Cl)ccc2I)cc1Cl. The van der Waals surface area contributed by atoms with Crippen molar-refractivity contribution in [2.75, 3.05) is 7.11 Å². The lowest BCUT2D eigenvalue weighted by molar-refractivity contribution is 0.103. The first-order chi connectivity index (χ1) is 9.43. The summed E-state index contributed by atoms with van der Waals surface area (Å²) >= 11 is 20.2. The summed E-state index contributed by atoms with van der Waals surface area (Å²) in [6.07, 6.45) is 0. The standard InChI is InChI=1S/C14H8Cl3IO2/c1-20-13-6-10(16)8(5-11(13)17)14(19)9-4-7(15)2-3-12(9)18/h2-6H,1H3. The van der Waals surface area contributed by atoms with E-state index >= 15 is 0 Å². The van der Waals surface area contributed by atoms with Crippen molar-refractivity contribution >= 4 is 63.2 Å². The van der Waals surface area contributed by atoms with Crippen LogP contribution in [0.5, 0.6) is 5.75 Å². The molecule has 0 atom stereocenters. The van der Waals surface area contributed by atoms with Crippen LogP contribution in [0.25, 0.3) is 0 Å². The number of ketones is 1. The molecule has 2 rings (SSSR count). The number of benzene rings is 2. The first-order valence-electron chi connectivity index (χ1n) is 5.47. The Bertz CT molecular complexity index is 686. The molecule has 0 aliphatic rings. The van der Waals surface area contributed by atoms with E-state index in [2.05, 4.69) is 22.6 Å². The van der Waals surface area contributed by atoms with Gasteiger partial charge in [-0.05, 0) is 46.9 Å². The van der Waals surface area contributed by atoms with Crippen molar-refractivity contribution in [3.8, 4) is 5.75 Å². The zero-order chi connectivity index (χ0) is 14.9. The van der Waals surface area contributed by atoms with Gasteiger partial charge in [0.05, 0.1) is 17.2 Å². The minimum atomic E-state index is -0.230. The summed E-state index contributed by atoms with van der Waals surface area (Å²) in [5.41, 5.74) is 0.805. The Morgan fingerprint density at radius 1 is 1.05 bits per heavy atom. The molecule has 2 nitrogen and oxygen atoms in total. The highest BCUT2D eigenvalue weighted by Gasteiger charge is 2.18. The van der Waals surface area contributed by atoms with Gasteiger partial charge in [0.2, 0.25) is 0 Å². The molecule has 0 saturated heterocycles. The molecular weight excluding hydrogens is 433 g/mol. The third-order valence-corrected chi connectivity index (χ3v) is 4.44. The average molecular weight is 441 g/mol. The van der Waals surface area contributed by atoms with Gasteiger partial charge in [0.25, 0.3) is 0 Å². The van der Waals surface area contributed by atoms with E-state index in [1.165, 1.54) is 19.2 Å². The van der Waals surface area contributed by atoms with Crippen LogP contribution in [0.15, 0.2) is 30.3 Å². The van der Waals surface area contributed by atoms with Gasteiger partial charge in [0.15, 0.2) is 5.78 Å². The van der Waals surface area contributed by atoms with E-state index in [0.717, 1.165) is 3.57 Å². The Kier molecular flexibility index (Phi) is 5.18. The lowest BCUT2D eigenvalue weighted by Crippen LogP contribution is -2.05. The fraction of sp³-hybridized carbons (Fsp3) is 0.0714. The molecule has 0 saturated carbocycles. The second-order valence-corrected chi connectivity index (χ2v) is 6.33. The Morgan fingerprint density at radius 3 is 2.40 bits per heavy atom. The number of rotatable bonds is 3. The summed E-state index contributed by atoms with van der Waals surface area (Å²) in [5.74, 6) is 0.195. The molecular formula is C14H8Cl3IO2. The zero-order valence-electron chi connectivity index (χ0n) is 10.2. The van der Waals surface area contributed by atoms with E-state index in [9.17, 15) is 4.79 Å². The van der Waals surface area contributed by atoms with E-state index in [4.69, 9.17) is 39.5 Å². The molecule has 20 heavy (non-hydrogen) atoms. The van der Waals surface area contributed by atoms with Crippen LogP contribution >= 0.6 is 57.4 Å². The lowest BCUT2D eigenvalue weighted by atomic mass is 10.0. The largest absolute Gasteiger partial charge is 0.495 e. The Labute approximate surface area is 145 Å². The summed E-state index contributed by atoms with van der Waals surface area (Å²) in [4.78, 5) is 12.5. The number of methoxy groups -OCH3 is 1. The van der Waals surface area contributed by atoms with Gasteiger partial charge in [-0.1, -0.05) is 34.8 Å². The second kappa shape index (κ2) is 6.52. The maximum absolute atomic E-state index is 12.5. The molecule has 0 radical (unpaired) electrons. The van der Waals surface area contributed by atoms with Gasteiger partial charge in [-0.3, -0.25) is 4.79 Å². The quantitative estimate of drug-likeness (QED) is 0.465. The molecule has 6 heteroatoms. The van der Waals surface area contributed by atoms with E-state index in [-0.39, 0.29) is 10.8 Å². The molecule has 0 spiro atoms. The summed E-state index contributed by atoms with van der Waals surface area (Å²) in [5, 5.41) is 1.11. The third kappa shape index (κ3) is 3.22. The maximum Gasteiger partial charge on any atom is 0.195 e. The molecule has 0 N–H and O–H groups in total. The molecule has 0 aliphatic heterocycles. The van der Waals surface area contributed by atoms with Crippen molar-refractivity contribution in [3.05, 3.63) is 60.1 Å². The van der Waals surface area contributed by atoms with Crippen molar-refractivity contribution in [2.24, 2.45) is 0 Å². The predicted octanol–water partition coefficient (Wildman–Crippen LogP) is 5.49. The summed E-state index contributed by atoms with van der Waals surface area (Å²) in [7, 11) is 1.49. The van der Waals surface area contributed by atoms with Crippen molar-refractivity contribution in [3.63, 3.8) is 0 Å². The van der Waals surface area contributed by atoms with Crippen LogP contribution in [0.3, 0.4) is 0 Å². The Hall–Kier alpha value is -0.490. The molecule has 0 aromatic heterocycles. The van der Waals surface area contributed by atoms with Gasteiger partial charge >= 0.3 is 0 Å². The van der Waals surface area contributed by atoms with Crippen LogP contribution in [0.1, 0.15) is 15.9 Å². The number of halogens is 4. The average Bonchev–Trinajstić information content (AvgIpc) is 2.42. The fourth-order valence-electron chi connectivity index (χ4n) is 1.68. The van der Waals surface area contributed by atoms with Crippen molar-refractivity contribution in [1.82, 2.24) is 0 Å². The van der Waals surface area contributed by atoms with Crippen molar-refractivity contribution < 1.29 is 9.53 Å². The smallest absolute Gasteiger partial charge is 0.195 e. The van der Waals surface area contributed by atoms with E-state index < -0.39 is 0 Å². The van der Waals surface area contributed by atoms with Crippen LogP contribution in [-0.2, 0) is 0 Å². The Morgan fingerprint density at radius 2 is 1.75 bits per heavy atom. The monoisotopic (exact) mass is 440 g/mol. The number of carbonyl (C=O) groups is 1. The maximum atomic E-state index is 12.5. The molecule has 104 valence electrons. The molecule has 0 amide bonds. The highest BCUT2D eigenvalue weighted by Crippen LogP contribution is 2.33. The molecule has 2 aromatic carbocycles. The Balaban J connectivity index is 2.54. The van der Waals surface area contributed by atoms with Crippen LogP contribution in [0.2, 0.25) is 15.1 Å². The molecule has 0 aliphatic carbocycles. The minimum absolute atomic E-state index is 0.230. The van der Waals surface area contributed by atoms with Crippen molar-refractivity contribution in [1.29, 1.82) is 0 Å². The topological polar surface area (TPSA) is 26.3 Å². The van der Waals surface area contributed by atoms with Gasteiger partial charge < -0.3 is 4.74 Å². The van der Waals surface area contributed by atoms with Crippen molar-refractivity contribution in [2.45, 2.75) is 0 Å². The first-order valence-corrected chi connectivity index (χ1v) is 7.68. The summed E-state index contributed by atoms with van der Waals surface area (Å²) in [6.45, 7) is 0. The van der Waals surface area contributed by atoms with Gasteiger partial charge in [-0.2, -0.15) is 0 Å². The van der Waals surface area contributed by atoms with Crippen LogP contribution in [0.4, 0.5) is 0 Å². The minimum Gasteiger partial charge on any atom is -0.495 e. The number of hydrogen-bond donors (Lipinski definition) is 0. The van der Waals surface area contributed by atoms with Crippen LogP contribution in [0, 0.1) is 3.57 Å². The van der Waals surface area contributed by atoms with E-state index in [1.54, 1.807) is 18.2 Å². The third-order valence-electron chi connectivity index (χ3n) is 2.66. The number of carbonyl (C=O) groups excluding carboxylic acids is 1. The van der Waals surface area contributed by atoms with E-state index in [0.29, 0.717) is 26.9 Å². The summed E-state index contributed by atoms with van der Waals surface area (Å²) in [6, 6.07) is 8.13. The van der Waals surface area contributed by atoms with Crippen LogP contribution < -0.4 is 4.74 Å². The predicted molar refractivity (Wildman–Crippen MR) is 90.6 cm³/mol. The zero-order valence-corrected chi connectivity index (χ0v) is 14.6. The van der Waals surface area contributed by atoms with Gasteiger partial charge in [0.1, 0.15) is 5.75 Å². The van der Waals surface area contributed by atoms with Gasteiger partial charge in [0, 0.05) is 25.8 Å². The normalized spacial score (nSPS) is 10.4. The second-order valence-electron chi connectivity index (χ2n) is 3.92.